The van der Waals surface area contributed by atoms with Crippen molar-refractivity contribution in [2.24, 2.45) is 0 Å². The van der Waals surface area contributed by atoms with Crippen molar-refractivity contribution in [2.45, 2.75) is 39.7 Å². The number of halogens is 1. The molecule has 2 aromatic rings. The molecule has 1 N–H and O–H groups in total. The van der Waals surface area contributed by atoms with Crippen LogP contribution in [0.1, 0.15) is 44.9 Å². The number of pyridine rings is 2. The Kier molecular flexibility index (Phi) is 4.95. The normalized spacial score (nSPS) is 16.2. The molecule has 0 unspecified atom stereocenters. The minimum absolute atomic E-state index is 0.130. The Morgan fingerprint density at radius 2 is 2.04 bits per heavy atom. The second kappa shape index (κ2) is 7.14. The largest absolute Gasteiger partial charge is 0.348 e. The van der Waals surface area contributed by atoms with E-state index >= 15 is 0 Å². The molecule has 0 saturated heterocycles. The summed E-state index contributed by atoms with van der Waals surface area (Å²) in [6, 6.07) is 3.83. The zero-order chi connectivity index (χ0) is 17.1. The van der Waals surface area contributed by atoms with Gasteiger partial charge in [-0.2, -0.15) is 0 Å². The molecule has 0 aromatic carbocycles. The number of carbonyl (C=O) groups excluding carboxylic acids is 1. The van der Waals surface area contributed by atoms with Crippen molar-refractivity contribution in [3.05, 3.63) is 69.3 Å². The maximum Gasteiger partial charge on any atom is 0.252 e. The summed E-state index contributed by atoms with van der Waals surface area (Å²) in [7, 11) is 0. The van der Waals surface area contributed by atoms with Gasteiger partial charge in [0.2, 0.25) is 0 Å². The van der Waals surface area contributed by atoms with Gasteiger partial charge in [0.25, 0.3) is 5.91 Å². The second-order valence-corrected chi connectivity index (χ2v) is 6.37. The first-order chi connectivity index (χ1) is 11.6. The van der Waals surface area contributed by atoms with Crippen LogP contribution in [0, 0.1) is 13.8 Å². The molecule has 1 aliphatic rings. The van der Waals surface area contributed by atoms with Crippen LogP contribution >= 0.6 is 11.6 Å². The van der Waals surface area contributed by atoms with Crippen LogP contribution in [0.2, 0.25) is 5.15 Å². The Bertz CT molecular complexity index is 814. The molecular formula is C19H20ClN3O. The summed E-state index contributed by atoms with van der Waals surface area (Å²) in [5.41, 5.74) is 5.69. The summed E-state index contributed by atoms with van der Waals surface area (Å²) in [6.45, 7) is 4.47. The summed E-state index contributed by atoms with van der Waals surface area (Å²) in [5, 5.41) is 3.40. The van der Waals surface area contributed by atoms with E-state index in [0.717, 1.165) is 35.4 Å². The van der Waals surface area contributed by atoms with Gasteiger partial charge in [0, 0.05) is 35.3 Å². The van der Waals surface area contributed by atoms with Gasteiger partial charge in [-0.3, -0.25) is 9.78 Å². The fourth-order valence-corrected chi connectivity index (χ4v) is 3.33. The van der Waals surface area contributed by atoms with Gasteiger partial charge in [0.15, 0.2) is 0 Å². The number of hydrogen-bond acceptors (Lipinski definition) is 3. The first-order valence-corrected chi connectivity index (χ1v) is 8.46. The Labute approximate surface area is 147 Å². The molecule has 2 aromatic heterocycles. The summed E-state index contributed by atoms with van der Waals surface area (Å²) in [4.78, 5) is 21.3. The molecular weight excluding hydrogens is 322 g/mol. The van der Waals surface area contributed by atoms with E-state index in [9.17, 15) is 4.79 Å². The second-order valence-electron chi connectivity index (χ2n) is 6.01. The standard InChI is InChI=1S/C19H20ClN3O/c1-12-10-14-6-4-3-5-7-15-16(8-9-21-18(15)20)19(24)22-11-17(14)13(2)23-12/h3,5,8-10H,4,6-7,11H2,1-2H3,(H,22,24)/b5-3-. The van der Waals surface area contributed by atoms with E-state index in [1.165, 1.54) is 5.56 Å². The topological polar surface area (TPSA) is 54.9 Å². The highest BCUT2D eigenvalue weighted by Crippen LogP contribution is 2.21. The van der Waals surface area contributed by atoms with Crippen LogP contribution < -0.4 is 5.32 Å². The van der Waals surface area contributed by atoms with Gasteiger partial charge in [-0.25, -0.2) is 4.98 Å². The number of allylic oxidation sites excluding steroid dienone is 2. The molecule has 1 amide bonds. The third kappa shape index (κ3) is 3.49. The first-order valence-electron chi connectivity index (χ1n) is 8.09. The van der Waals surface area contributed by atoms with E-state index in [0.29, 0.717) is 23.7 Å². The maximum atomic E-state index is 12.6. The quantitative estimate of drug-likeness (QED) is 0.587. The lowest BCUT2D eigenvalue weighted by atomic mass is 9.99. The summed E-state index contributed by atoms with van der Waals surface area (Å²) in [6.07, 6.45) is 8.25. The predicted octanol–water partition coefficient (Wildman–Crippen LogP) is 3.72. The van der Waals surface area contributed by atoms with E-state index in [2.05, 4.69) is 33.5 Å². The zero-order valence-corrected chi connectivity index (χ0v) is 14.7. The lowest BCUT2D eigenvalue weighted by Gasteiger charge is -2.16. The molecule has 5 heteroatoms. The molecule has 3 heterocycles. The van der Waals surface area contributed by atoms with E-state index in [-0.39, 0.29) is 5.91 Å². The molecule has 0 aliphatic carbocycles. The van der Waals surface area contributed by atoms with E-state index in [4.69, 9.17) is 11.6 Å². The monoisotopic (exact) mass is 341 g/mol. The van der Waals surface area contributed by atoms with Gasteiger partial charge in [-0.1, -0.05) is 23.8 Å². The number of aryl methyl sites for hydroxylation is 3. The van der Waals surface area contributed by atoms with E-state index in [1.54, 1.807) is 12.3 Å². The van der Waals surface area contributed by atoms with Gasteiger partial charge in [-0.15, -0.1) is 0 Å². The molecule has 0 bridgehead atoms. The van der Waals surface area contributed by atoms with Crippen LogP contribution in [0.5, 0.6) is 0 Å². The van der Waals surface area contributed by atoms with Gasteiger partial charge in [0.1, 0.15) is 5.15 Å². The lowest BCUT2D eigenvalue weighted by Crippen LogP contribution is -2.25. The highest BCUT2D eigenvalue weighted by atomic mass is 35.5. The summed E-state index contributed by atoms with van der Waals surface area (Å²) < 4.78 is 0. The van der Waals surface area contributed by atoms with Crippen LogP contribution in [-0.4, -0.2) is 15.9 Å². The number of carbonyl (C=O) groups is 1. The van der Waals surface area contributed by atoms with Gasteiger partial charge in [0.05, 0.1) is 0 Å². The third-order valence-corrected chi connectivity index (χ3v) is 4.62. The van der Waals surface area contributed by atoms with Gasteiger partial charge in [-0.05, 0) is 56.4 Å². The van der Waals surface area contributed by atoms with Crippen molar-refractivity contribution in [1.29, 1.82) is 0 Å². The minimum atomic E-state index is -0.130. The average Bonchev–Trinajstić information content (AvgIpc) is 2.53. The molecule has 3 rings (SSSR count). The smallest absolute Gasteiger partial charge is 0.252 e. The fraction of sp³-hybridized carbons (Fsp3) is 0.316. The van der Waals surface area contributed by atoms with Gasteiger partial charge >= 0.3 is 0 Å². The number of aromatic nitrogens is 2. The van der Waals surface area contributed by atoms with Crippen LogP contribution in [-0.2, 0) is 19.4 Å². The molecule has 0 fully saturated rings. The molecule has 0 atom stereocenters. The van der Waals surface area contributed by atoms with Crippen LogP contribution in [0.15, 0.2) is 30.5 Å². The summed E-state index contributed by atoms with van der Waals surface area (Å²) >= 11 is 6.19. The number of rotatable bonds is 0. The highest BCUT2D eigenvalue weighted by molar-refractivity contribution is 6.30. The molecule has 24 heavy (non-hydrogen) atoms. The Morgan fingerprint density at radius 3 is 2.88 bits per heavy atom. The lowest BCUT2D eigenvalue weighted by molar-refractivity contribution is 0.0950. The number of fused-ring (bicyclic) bond motifs is 2. The molecule has 0 saturated carbocycles. The SMILES string of the molecule is Cc1cc2c(c(C)n1)CNC(=O)c1ccnc(Cl)c1C/C=C\CC2. The minimum Gasteiger partial charge on any atom is -0.348 e. The van der Waals surface area contributed by atoms with E-state index < -0.39 is 0 Å². The molecule has 1 aliphatic heterocycles. The van der Waals surface area contributed by atoms with Crippen LogP contribution in [0.25, 0.3) is 0 Å². The van der Waals surface area contributed by atoms with Crippen molar-refractivity contribution in [3.63, 3.8) is 0 Å². The number of amides is 1. The predicted molar refractivity (Wildman–Crippen MR) is 95.3 cm³/mol. The Morgan fingerprint density at radius 1 is 1.21 bits per heavy atom. The molecule has 0 radical (unpaired) electrons. The van der Waals surface area contributed by atoms with Crippen molar-refractivity contribution in [1.82, 2.24) is 15.3 Å². The van der Waals surface area contributed by atoms with Crippen molar-refractivity contribution in [2.75, 3.05) is 0 Å². The Balaban J connectivity index is 2.00. The number of nitrogens with one attached hydrogen (secondary N) is 1. The maximum absolute atomic E-state index is 12.6. The highest BCUT2D eigenvalue weighted by Gasteiger charge is 2.16. The van der Waals surface area contributed by atoms with Gasteiger partial charge < -0.3 is 5.32 Å². The Hall–Kier alpha value is -2.20. The molecule has 124 valence electrons. The fourth-order valence-electron chi connectivity index (χ4n) is 3.10. The first kappa shape index (κ1) is 16.7. The van der Waals surface area contributed by atoms with E-state index in [1.807, 2.05) is 13.8 Å². The average molecular weight is 342 g/mol. The van der Waals surface area contributed by atoms with Crippen molar-refractivity contribution in [3.8, 4) is 0 Å². The number of hydrogen-bond donors (Lipinski definition) is 1. The molecule has 4 nitrogen and oxygen atoms in total. The van der Waals surface area contributed by atoms with Crippen molar-refractivity contribution < 1.29 is 4.79 Å². The van der Waals surface area contributed by atoms with Crippen molar-refractivity contribution >= 4 is 17.5 Å². The third-order valence-electron chi connectivity index (χ3n) is 4.29. The zero-order valence-electron chi connectivity index (χ0n) is 13.9. The van der Waals surface area contributed by atoms with Crippen LogP contribution in [0.3, 0.4) is 0 Å². The van der Waals surface area contributed by atoms with Crippen LogP contribution in [0.4, 0.5) is 0 Å². The number of nitrogens with zero attached hydrogens (tertiary/aromatic N) is 2. The molecule has 0 spiro atoms. The summed E-state index contributed by atoms with van der Waals surface area (Å²) in [5.74, 6) is -0.130.